The van der Waals surface area contributed by atoms with E-state index in [4.69, 9.17) is 22.1 Å². The molecule has 98 valence electrons. The molecule has 0 aliphatic heterocycles. The van der Waals surface area contributed by atoms with E-state index in [-0.39, 0.29) is 12.3 Å². The number of hydrogen-bond donors (Lipinski definition) is 3. The van der Waals surface area contributed by atoms with E-state index in [9.17, 15) is 0 Å². The first-order valence-corrected chi connectivity index (χ1v) is 6.02. The van der Waals surface area contributed by atoms with E-state index in [2.05, 4.69) is 15.3 Å². The zero-order valence-electron chi connectivity index (χ0n) is 10.3. The summed E-state index contributed by atoms with van der Waals surface area (Å²) >= 11 is 5.85. The van der Waals surface area contributed by atoms with Crippen molar-refractivity contribution in [2.45, 2.75) is 0 Å². The predicted octanol–water partition coefficient (Wildman–Crippen LogP) is 1.86. The molecule has 0 spiro atoms. The number of nitrogens with zero attached hydrogens (tertiary/aromatic N) is 2. The van der Waals surface area contributed by atoms with Crippen molar-refractivity contribution in [2.75, 3.05) is 13.7 Å². The Morgan fingerprint density at radius 1 is 1.47 bits per heavy atom. The van der Waals surface area contributed by atoms with Gasteiger partial charge in [0.15, 0.2) is 0 Å². The molecular weight excluding hydrogens is 264 g/mol. The Hall–Kier alpha value is -1.98. The molecular formula is C13H13ClN4O. The molecule has 0 fully saturated rings. The SMILES string of the molecule is CN/C=C(\C(=N)CO)c1cnc2ccc(Cl)nc2c1. The number of rotatable bonds is 4. The fraction of sp³-hybridized carbons (Fsp3) is 0.154. The van der Waals surface area contributed by atoms with Crippen molar-refractivity contribution in [2.24, 2.45) is 0 Å². The van der Waals surface area contributed by atoms with E-state index >= 15 is 0 Å². The van der Waals surface area contributed by atoms with Gasteiger partial charge in [-0.1, -0.05) is 11.6 Å². The molecule has 0 aliphatic rings. The van der Waals surface area contributed by atoms with E-state index in [1.807, 2.05) is 0 Å². The minimum absolute atomic E-state index is 0.109. The zero-order chi connectivity index (χ0) is 13.8. The minimum Gasteiger partial charge on any atom is -0.393 e. The number of aromatic nitrogens is 2. The average Bonchev–Trinajstić information content (AvgIpc) is 2.43. The fourth-order valence-electron chi connectivity index (χ4n) is 1.70. The number of nitrogens with one attached hydrogen (secondary N) is 2. The summed E-state index contributed by atoms with van der Waals surface area (Å²) in [6, 6.07) is 5.26. The second kappa shape index (κ2) is 5.77. The molecule has 0 unspecified atom stereocenters. The summed E-state index contributed by atoms with van der Waals surface area (Å²) in [6.07, 6.45) is 3.29. The van der Waals surface area contributed by atoms with Crippen molar-refractivity contribution in [3.05, 3.63) is 41.3 Å². The Morgan fingerprint density at radius 3 is 2.95 bits per heavy atom. The van der Waals surface area contributed by atoms with Crippen LogP contribution in [-0.2, 0) is 0 Å². The van der Waals surface area contributed by atoms with Crippen LogP contribution in [0.25, 0.3) is 16.6 Å². The summed E-state index contributed by atoms with van der Waals surface area (Å²) in [6.45, 7) is -0.339. The van der Waals surface area contributed by atoms with Gasteiger partial charge < -0.3 is 15.8 Å². The van der Waals surface area contributed by atoms with Crippen LogP contribution in [-0.4, -0.2) is 34.4 Å². The van der Waals surface area contributed by atoms with E-state index in [1.54, 1.807) is 37.6 Å². The fourth-order valence-corrected chi connectivity index (χ4v) is 1.86. The summed E-state index contributed by atoms with van der Waals surface area (Å²) in [5.41, 5.74) is 2.76. The van der Waals surface area contributed by atoms with Gasteiger partial charge in [-0.3, -0.25) is 4.98 Å². The number of pyridine rings is 2. The smallest absolute Gasteiger partial charge is 0.129 e. The molecule has 0 amide bonds. The van der Waals surface area contributed by atoms with Crippen LogP contribution in [0.3, 0.4) is 0 Å². The van der Waals surface area contributed by atoms with Crippen LogP contribution in [0.15, 0.2) is 30.6 Å². The summed E-state index contributed by atoms with van der Waals surface area (Å²) in [5, 5.41) is 20.1. The maximum absolute atomic E-state index is 9.10. The monoisotopic (exact) mass is 276 g/mol. The molecule has 6 heteroatoms. The lowest BCUT2D eigenvalue weighted by Gasteiger charge is -2.08. The van der Waals surface area contributed by atoms with Crippen LogP contribution in [0.1, 0.15) is 5.56 Å². The average molecular weight is 277 g/mol. The number of halogens is 1. The summed E-state index contributed by atoms with van der Waals surface area (Å²) < 4.78 is 0. The third kappa shape index (κ3) is 2.89. The van der Waals surface area contributed by atoms with Crippen molar-refractivity contribution in [3.8, 4) is 0 Å². The molecule has 0 saturated carbocycles. The quantitative estimate of drug-likeness (QED) is 0.588. The first-order chi connectivity index (χ1) is 9.15. The van der Waals surface area contributed by atoms with Gasteiger partial charge in [0.25, 0.3) is 0 Å². The Kier molecular flexibility index (Phi) is 4.09. The Balaban J connectivity index is 2.54. The number of aliphatic hydroxyl groups is 1. The zero-order valence-corrected chi connectivity index (χ0v) is 11.1. The van der Waals surface area contributed by atoms with Crippen LogP contribution in [0, 0.1) is 5.41 Å². The predicted molar refractivity (Wildman–Crippen MR) is 76.4 cm³/mol. The van der Waals surface area contributed by atoms with Gasteiger partial charge in [-0.2, -0.15) is 0 Å². The Morgan fingerprint density at radius 2 is 2.26 bits per heavy atom. The topological polar surface area (TPSA) is 81.9 Å². The van der Waals surface area contributed by atoms with Crippen LogP contribution in [0.5, 0.6) is 0 Å². The lowest BCUT2D eigenvalue weighted by Crippen LogP contribution is -2.09. The standard InChI is InChI=1S/C13H13ClN4O/c1-16-6-9(10(15)7-19)8-4-12-11(17-5-8)2-3-13(14)18-12/h2-6,15-16,19H,7H2,1H3/b9-6-,15-10?. The van der Waals surface area contributed by atoms with E-state index < -0.39 is 0 Å². The number of aliphatic hydroxyl groups excluding tert-OH is 1. The van der Waals surface area contributed by atoms with Gasteiger partial charge in [0.05, 0.1) is 23.4 Å². The van der Waals surface area contributed by atoms with Crippen molar-refractivity contribution in [1.82, 2.24) is 15.3 Å². The van der Waals surface area contributed by atoms with Crippen LogP contribution in [0.2, 0.25) is 5.15 Å². The number of fused-ring (bicyclic) bond motifs is 1. The van der Waals surface area contributed by atoms with E-state index in [0.29, 0.717) is 21.8 Å². The van der Waals surface area contributed by atoms with Crippen molar-refractivity contribution >= 4 is 33.9 Å². The van der Waals surface area contributed by atoms with E-state index in [0.717, 1.165) is 5.52 Å². The molecule has 5 nitrogen and oxygen atoms in total. The van der Waals surface area contributed by atoms with Gasteiger partial charge in [-0.15, -0.1) is 0 Å². The molecule has 3 N–H and O–H groups in total. The second-order valence-corrected chi connectivity index (χ2v) is 4.27. The van der Waals surface area contributed by atoms with Gasteiger partial charge in [-0.05, 0) is 18.2 Å². The third-order valence-electron chi connectivity index (χ3n) is 2.59. The van der Waals surface area contributed by atoms with E-state index in [1.165, 1.54) is 0 Å². The molecule has 0 atom stereocenters. The van der Waals surface area contributed by atoms with Gasteiger partial charge in [0, 0.05) is 30.6 Å². The Bertz CT molecular complexity index is 654. The molecule has 2 heterocycles. The first kappa shape index (κ1) is 13.5. The summed E-state index contributed by atoms with van der Waals surface area (Å²) in [7, 11) is 1.73. The van der Waals surface area contributed by atoms with Gasteiger partial charge in [0.1, 0.15) is 5.15 Å². The van der Waals surface area contributed by atoms with Gasteiger partial charge in [0.2, 0.25) is 0 Å². The van der Waals surface area contributed by atoms with Crippen LogP contribution in [0.4, 0.5) is 0 Å². The van der Waals surface area contributed by atoms with Crippen molar-refractivity contribution in [3.63, 3.8) is 0 Å². The number of hydrogen-bond acceptors (Lipinski definition) is 5. The molecule has 2 aromatic rings. The summed E-state index contributed by atoms with van der Waals surface area (Å²) in [5.74, 6) is 0. The highest BCUT2D eigenvalue weighted by molar-refractivity contribution is 6.29. The minimum atomic E-state index is -0.339. The summed E-state index contributed by atoms with van der Waals surface area (Å²) in [4.78, 5) is 8.46. The maximum atomic E-state index is 9.10. The van der Waals surface area contributed by atoms with Crippen molar-refractivity contribution < 1.29 is 5.11 Å². The third-order valence-corrected chi connectivity index (χ3v) is 2.80. The first-order valence-electron chi connectivity index (χ1n) is 5.64. The molecule has 0 saturated heterocycles. The lowest BCUT2D eigenvalue weighted by atomic mass is 10.0. The largest absolute Gasteiger partial charge is 0.393 e. The van der Waals surface area contributed by atoms with Crippen LogP contribution >= 0.6 is 11.6 Å². The highest BCUT2D eigenvalue weighted by Gasteiger charge is 2.09. The van der Waals surface area contributed by atoms with Gasteiger partial charge >= 0.3 is 0 Å². The normalized spacial score (nSPS) is 11.6. The van der Waals surface area contributed by atoms with Crippen molar-refractivity contribution in [1.29, 1.82) is 5.41 Å². The lowest BCUT2D eigenvalue weighted by molar-refractivity contribution is 0.358. The molecule has 19 heavy (non-hydrogen) atoms. The molecule has 2 aromatic heterocycles. The van der Waals surface area contributed by atoms with Crippen LogP contribution < -0.4 is 5.32 Å². The molecule has 2 rings (SSSR count). The maximum Gasteiger partial charge on any atom is 0.129 e. The molecule has 0 radical (unpaired) electrons. The second-order valence-electron chi connectivity index (χ2n) is 3.88. The highest BCUT2D eigenvalue weighted by atomic mass is 35.5. The van der Waals surface area contributed by atoms with Gasteiger partial charge in [-0.25, -0.2) is 4.98 Å². The highest BCUT2D eigenvalue weighted by Crippen LogP contribution is 2.20. The molecule has 0 bridgehead atoms. The molecule has 0 aliphatic carbocycles. The molecule has 0 aromatic carbocycles. The Labute approximate surface area is 115 Å².